The van der Waals surface area contributed by atoms with Gasteiger partial charge in [-0.15, -0.1) is 0 Å². The van der Waals surface area contributed by atoms with E-state index >= 15 is 0 Å². The number of nitrogens with one attached hydrogen (secondary N) is 1. The molecule has 9 atom stereocenters. The summed E-state index contributed by atoms with van der Waals surface area (Å²) in [6.45, 7) is 3.43. The molecule has 11 heteroatoms. The van der Waals surface area contributed by atoms with Crippen molar-refractivity contribution in [2.24, 2.45) is 0 Å². The van der Waals surface area contributed by atoms with Gasteiger partial charge in [0, 0.05) is 0 Å². The molecular weight excluding hydrogens is 775 g/mol. The first-order valence-electron chi connectivity index (χ1n) is 25.2. The van der Waals surface area contributed by atoms with E-state index in [1.807, 2.05) is 0 Å². The summed E-state index contributed by atoms with van der Waals surface area (Å²) in [6.07, 6.45) is 33.6. The van der Waals surface area contributed by atoms with Gasteiger partial charge in [0.25, 0.3) is 0 Å². The molecule has 1 amide bonds. The highest BCUT2D eigenvalue weighted by molar-refractivity contribution is 5.80. The fourth-order valence-electron chi connectivity index (χ4n) is 8.02. The van der Waals surface area contributed by atoms with Crippen LogP contribution in [0.25, 0.3) is 0 Å². The van der Waals surface area contributed by atoms with Gasteiger partial charge in [0.1, 0.15) is 36.6 Å². The molecular formula is C50H95NO10. The Labute approximate surface area is 372 Å². The van der Waals surface area contributed by atoms with E-state index in [-0.39, 0.29) is 12.8 Å². The summed E-state index contributed by atoms with van der Waals surface area (Å²) < 4.78 is 11.1. The first-order valence-corrected chi connectivity index (χ1v) is 25.2. The number of carbonyl (C=O) groups is 1. The van der Waals surface area contributed by atoms with Gasteiger partial charge >= 0.3 is 0 Å². The average Bonchev–Trinajstić information content (AvgIpc) is 3.26. The Bertz CT molecular complexity index is 1040. The van der Waals surface area contributed by atoms with Crippen LogP contribution in [-0.4, -0.2) is 110 Å². The summed E-state index contributed by atoms with van der Waals surface area (Å²) in [4.78, 5) is 13.1. The molecule has 0 aromatic carbocycles. The molecule has 1 aliphatic heterocycles. The molecule has 1 rings (SSSR count). The summed E-state index contributed by atoms with van der Waals surface area (Å²) in [7, 11) is 0. The topological polar surface area (TPSA) is 189 Å². The molecule has 0 radical (unpaired) electrons. The average molecular weight is 870 g/mol. The van der Waals surface area contributed by atoms with Gasteiger partial charge in [-0.05, 0) is 64.2 Å². The number of hydrogen-bond acceptors (Lipinski definition) is 10. The molecule has 9 unspecified atom stereocenters. The van der Waals surface area contributed by atoms with Gasteiger partial charge in [-0.2, -0.15) is 0 Å². The van der Waals surface area contributed by atoms with E-state index in [4.69, 9.17) is 9.47 Å². The predicted octanol–water partition coefficient (Wildman–Crippen LogP) is 9.01. The van der Waals surface area contributed by atoms with Crippen molar-refractivity contribution < 1.29 is 50.0 Å². The van der Waals surface area contributed by atoms with E-state index < -0.39 is 74.2 Å². The summed E-state index contributed by atoms with van der Waals surface area (Å²) in [5, 5.41) is 75.8. The lowest BCUT2D eigenvalue weighted by Crippen LogP contribution is -2.60. The van der Waals surface area contributed by atoms with Crippen LogP contribution in [0.2, 0.25) is 0 Å². The Hall–Kier alpha value is -1.41. The number of aliphatic hydroxyl groups is 7. The van der Waals surface area contributed by atoms with Crippen molar-refractivity contribution in [1.82, 2.24) is 5.32 Å². The third kappa shape index (κ3) is 29.6. The minimum absolute atomic E-state index is 0.248. The first-order chi connectivity index (χ1) is 29.7. The Kier molecular flexibility index (Phi) is 37.9. The number of unbranched alkanes of at least 4 members (excludes halogenated alkanes) is 26. The Morgan fingerprint density at radius 3 is 1.41 bits per heavy atom. The Morgan fingerprint density at radius 2 is 0.967 bits per heavy atom. The van der Waals surface area contributed by atoms with Crippen LogP contribution in [0, 0.1) is 0 Å². The van der Waals surface area contributed by atoms with Crippen LogP contribution in [-0.2, 0) is 14.3 Å². The van der Waals surface area contributed by atoms with Gasteiger partial charge in [0.2, 0.25) is 5.91 Å². The number of hydrogen-bond donors (Lipinski definition) is 8. The molecule has 0 saturated carbocycles. The first kappa shape index (κ1) is 57.6. The van der Waals surface area contributed by atoms with Gasteiger partial charge in [0.05, 0.1) is 25.4 Å². The van der Waals surface area contributed by atoms with Crippen LogP contribution in [0.5, 0.6) is 0 Å². The second-order valence-corrected chi connectivity index (χ2v) is 17.9. The van der Waals surface area contributed by atoms with Crippen molar-refractivity contribution in [1.29, 1.82) is 0 Å². The number of amides is 1. The summed E-state index contributed by atoms with van der Waals surface area (Å²) in [6, 6.07) is -1.18. The molecule has 0 aromatic rings. The monoisotopic (exact) mass is 870 g/mol. The molecule has 11 nitrogen and oxygen atoms in total. The zero-order valence-corrected chi connectivity index (χ0v) is 38.9. The number of carbonyl (C=O) groups excluding carboxylic acids is 1. The van der Waals surface area contributed by atoms with Crippen LogP contribution in [0.1, 0.15) is 219 Å². The van der Waals surface area contributed by atoms with Gasteiger partial charge in [-0.25, -0.2) is 0 Å². The van der Waals surface area contributed by atoms with Crippen molar-refractivity contribution in [2.75, 3.05) is 13.2 Å². The van der Waals surface area contributed by atoms with Gasteiger partial charge in [-0.3, -0.25) is 4.79 Å². The van der Waals surface area contributed by atoms with Crippen molar-refractivity contribution in [3.05, 3.63) is 24.3 Å². The number of rotatable bonds is 42. The fourth-order valence-corrected chi connectivity index (χ4v) is 8.02. The number of allylic oxidation sites excluding steroid dienone is 4. The molecule has 0 aliphatic carbocycles. The SMILES string of the molecule is CCCCCCCCCC/C=C\CCCCCCCCC(O)C(=O)NC(COC1OC(CO)C(O)C(O)C1O)C(O)C(O)CCC/C=C/CCCCCCCCCCCCC. The molecule has 360 valence electrons. The molecule has 8 N–H and O–H groups in total. The fraction of sp³-hybridized carbons (Fsp3) is 0.900. The molecule has 1 aliphatic rings. The van der Waals surface area contributed by atoms with Gasteiger partial charge in [0.15, 0.2) is 6.29 Å². The van der Waals surface area contributed by atoms with Crippen LogP contribution in [0.15, 0.2) is 24.3 Å². The quantitative estimate of drug-likeness (QED) is 0.0217. The lowest BCUT2D eigenvalue weighted by atomic mass is 9.98. The molecule has 1 saturated heterocycles. The normalized spacial score (nSPS) is 21.6. The van der Waals surface area contributed by atoms with Crippen molar-refractivity contribution >= 4 is 5.91 Å². The van der Waals surface area contributed by atoms with E-state index in [9.17, 15) is 40.5 Å². The highest BCUT2D eigenvalue weighted by atomic mass is 16.7. The Balaban J connectivity index is 2.43. The molecule has 0 aromatic heterocycles. The zero-order valence-electron chi connectivity index (χ0n) is 38.9. The van der Waals surface area contributed by atoms with Crippen LogP contribution in [0.3, 0.4) is 0 Å². The Morgan fingerprint density at radius 1 is 0.557 bits per heavy atom. The van der Waals surface area contributed by atoms with Crippen molar-refractivity contribution in [2.45, 2.75) is 274 Å². The smallest absolute Gasteiger partial charge is 0.249 e. The predicted molar refractivity (Wildman–Crippen MR) is 247 cm³/mol. The van der Waals surface area contributed by atoms with Crippen LogP contribution >= 0.6 is 0 Å². The maximum absolute atomic E-state index is 13.1. The van der Waals surface area contributed by atoms with Crippen molar-refractivity contribution in [3.8, 4) is 0 Å². The maximum atomic E-state index is 13.1. The number of ether oxygens (including phenoxy) is 2. The van der Waals surface area contributed by atoms with Gasteiger partial charge < -0.3 is 50.5 Å². The highest BCUT2D eigenvalue weighted by Gasteiger charge is 2.44. The summed E-state index contributed by atoms with van der Waals surface area (Å²) in [5.41, 5.74) is 0. The van der Waals surface area contributed by atoms with Crippen LogP contribution < -0.4 is 5.32 Å². The second kappa shape index (κ2) is 40.1. The second-order valence-electron chi connectivity index (χ2n) is 17.9. The lowest BCUT2D eigenvalue weighted by molar-refractivity contribution is -0.303. The minimum Gasteiger partial charge on any atom is -0.394 e. The third-order valence-corrected chi connectivity index (χ3v) is 12.2. The molecule has 0 bridgehead atoms. The zero-order chi connectivity index (χ0) is 44.8. The van der Waals surface area contributed by atoms with E-state index in [1.165, 1.54) is 122 Å². The summed E-state index contributed by atoms with van der Waals surface area (Å²) in [5.74, 6) is -0.710. The van der Waals surface area contributed by atoms with Gasteiger partial charge in [-0.1, -0.05) is 179 Å². The maximum Gasteiger partial charge on any atom is 0.249 e. The molecule has 0 spiro atoms. The lowest BCUT2D eigenvalue weighted by Gasteiger charge is -2.40. The van der Waals surface area contributed by atoms with E-state index in [0.29, 0.717) is 12.8 Å². The van der Waals surface area contributed by atoms with E-state index in [0.717, 1.165) is 57.8 Å². The van der Waals surface area contributed by atoms with E-state index in [1.54, 1.807) is 0 Å². The summed E-state index contributed by atoms with van der Waals surface area (Å²) >= 11 is 0. The largest absolute Gasteiger partial charge is 0.394 e. The van der Waals surface area contributed by atoms with E-state index in [2.05, 4.69) is 43.5 Å². The number of aliphatic hydroxyl groups excluding tert-OH is 7. The molecule has 1 heterocycles. The molecule has 1 fully saturated rings. The van der Waals surface area contributed by atoms with Crippen LogP contribution in [0.4, 0.5) is 0 Å². The standard InChI is InChI=1S/C50H95NO10/c1-3-5-7-9-11-13-15-17-19-21-22-24-26-28-30-32-34-36-38-43(54)49(59)51-41(40-60-50-48(58)47(57)46(56)44(39-52)61-50)45(55)42(53)37-35-33-31-29-27-25-23-20-18-16-14-12-10-8-6-4-2/h21-22,29,31,41-48,50,52-58H,3-20,23-28,30,32-40H2,1-2H3,(H,51,59)/b22-21-,31-29+. The minimum atomic E-state index is -1.67. The third-order valence-electron chi connectivity index (χ3n) is 12.2. The van der Waals surface area contributed by atoms with Crippen molar-refractivity contribution in [3.63, 3.8) is 0 Å². The highest BCUT2D eigenvalue weighted by Crippen LogP contribution is 2.23. The molecule has 61 heavy (non-hydrogen) atoms.